The first kappa shape index (κ1) is 14.2. The molecule has 0 bridgehead atoms. The quantitative estimate of drug-likeness (QED) is 0.861. The molecule has 1 aromatic carbocycles. The standard InChI is InChI=1S/C14H19N3O/c1-11(9-15)6-7-14(18)17(2)13-5-3-4-12(8-13)10-16/h3-5,8,11H,6-7,9,15H2,1-2H3. The molecule has 1 rings (SSSR count). The van der Waals surface area contributed by atoms with Gasteiger partial charge in [-0.15, -0.1) is 0 Å². The van der Waals surface area contributed by atoms with Crippen molar-refractivity contribution < 1.29 is 4.79 Å². The first-order chi connectivity index (χ1) is 8.58. The minimum absolute atomic E-state index is 0.0467. The van der Waals surface area contributed by atoms with Crippen LogP contribution in [0.25, 0.3) is 0 Å². The molecule has 0 radical (unpaired) electrons. The molecule has 0 saturated carbocycles. The van der Waals surface area contributed by atoms with E-state index in [0.29, 0.717) is 24.4 Å². The molecule has 0 aliphatic carbocycles. The lowest BCUT2D eigenvalue weighted by atomic mass is 10.1. The van der Waals surface area contributed by atoms with Crippen LogP contribution in [0.5, 0.6) is 0 Å². The van der Waals surface area contributed by atoms with Crippen LogP contribution in [0.2, 0.25) is 0 Å². The Morgan fingerprint density at radius 2 is 2.28 bits per heavy atom. The molecule has 96 valence electrons. The van der Waals surface area contributed by atoms with E-state index in [1.54, 1.807) is 30.1 Å². The maximum atomic E-state index is 12.0. The Balaban J connectivity index is 2.65. The van der Waals surface area contributed by atoms with Crippen LogP contribution in [0.1, 0.15) is 25.3 Å². The molecule has 0 spiro atoms. The molecule has 4 heteroatoms. The average molecular weight is 245 g/mol. The topological polar surface area (TPSA) is 70.1 Å². The second-order valence-corrected chi connectivity index (χ2v) is 4.49. The highest BCUT2D eigenvalue weighted by Crippen LogP contribution is 2.16. The molecule has 0 aliphatic heterocycles. The maximum absolute atomic E-state index is 12.0. The van der Waals surface area contributed by atoms with Gasteiger partial charge in [0.15, 0.2) is 0 Å². The van der Waals surface area contributed by atoms with E-state index in [9.17, 15) is 4.79 Å². The predicted molar refractivity (Wildman–Crippen MR) is 72.0 cm³/mol. The Kier molecular flexibility index (Phi) is 5.34. The van der Waals surface area contributed by atoms with Gasteiger partial charge in [0.2, 0.25) is 5.91 Å². The van der Waals surface area contributed by atoms with Crippen molar-refractivity contribution in [2.24, 2.45) is 11.7 Å². The smallest absolute Gasteiger partial charge is 0.226 e. The van der Waals surface area contributed by atoms with Gasteiger partial charge in [-0.05, 0) is 37.1 Å². The number of benzene rings is 1. The molecule has 18 heavy (non-hydrogen) atoms. The molecule has 1 atom stereocenters. The Morgan fingerprint density at radius 3 is 2.89 bits per heavy atom. The number of hydrogen-bond acceptors (Lipinski definition) is 3. The van der Waals surface area contributed by atoms with Crippen molar-refractivity contribution in [2.75, 3.05) is 18.5 Å². The fourth-order valence-electron chi connectivity index (χ4n) is 1.58. The molecule has 1 unspecified atom stereocenters. The zero-order valence-corrected chi connectivity index (χ0v) is 10.9. The molecule has 2 N–H and O–H groups in total. The van der Waals surface area contributed by atoms with Crippen LogP contribution in [0.15, 0.2) is 24.3 Å². The Hall–Kier alpha value is -1.86. The number of carbonyl (C=O) groups excluding carboxylic acids is 1. The van der Waals surface area contributed by atoms with Crippen LogP contribution < -0.4 is 10.6 Å². The summed E-state index contributed by atoms with van der Waals surface area (Å²) in [6.07, 6.45) is 1.27. The first-order valence-corrected chi connectivity index (χ1v) is 6.05. The van der Waals surface area contributed by atoms with E-state index in [1.165, 1.54) is 0 Å². The van der Waals surface area contributed by atoms with Crippen LogP contribution in [-0.4, -0.2) is 19.5 Å². The van der Waals surface area contributed by atoms with Crippen LogP contribution in [0, 0.1) is 17.2 Å². The Labute approximate surface area is 108 Å². The fourth-order valence-corrected chi connectivity index (χ4v) is 1.58. The summed E-state index contributed by atoms with van der Waals surface area (Å²) in [7, 11) is 1.73. The number of nitriles is 1. The molecular weight excluding hydrogens is 226 g/mol. The van der Waals surface area contributed by atoms with Gasteiger partial charge in [0.25, 0.3) is 0 Å². The predicted octanol–water partition coefficient (Wildman–Crippen LogP) is 1.90. The van der Waals surface area contributed by atoms with Crippen molar-refractivity contribution in [1.82, 2.24) is 0 Å². The minimum atomic E-state index is 0.0467. The molecule has 0 aromatic heterocycles. The maximum Gasteiger partial charge on any atom is 0.226 e. The van der Waals surface area contributed by atoms with Gasteiger partial charge in [0, 0.05) is 19.2 Å². The van der Waals surface area contributed by atoms with Gasteiger partial charge in [-0.1, -0.05) is 13.0 Å². The van der Waals surface area contributed by atoms with E-state index in [0.717, 1.165) is 12.1 Å². The van der Waals surface area contributed by atoms with Gasteiger partial charge in [0.1, 0.15) is 0 Å². The van der Waals surface area contributed by atoms with Gasteiger partial charge >= 0.3 is 0 Å². The largest absolute Gasteiger partial charge is 0.330 e. The molecule has 0 heterocycles. The second-order valence-electron chi connectivity index (χ2n) is 4.49. The highest BCUT2D eigenvalue weighted by Gasteiger charge is 2.12. The Bertz CT molecular complexity index is 451. The van der Waals surface area contributed by atoms with Crippen molar-refractivity contribution in [3.05, 3.63) is 29.8 Å². The summed E-state index contributed by atoms with van der Waals surface area (Å²) in [5, 5.41) is 8.82. The lowest BCUT2D eigenvalue weighted by molar-refractivity contribution is -0.118. The summed E-state index contributed by atoms with van der Waals surface area (Å²) in [6, 6.07) is 9.10. The van der Waals surface area contributed by atoms with E-state index in [1.807, 2.05) is 13.0 Å². The highest BCUT2D eigenvalue weighted by molar-refractivity contribution is 5.92. The minimum Gasteiger partial charge on any atom is -0.330 e. The number of carbonyl (C=O) groups is 1. The molecule has 1 aromatic rings. The monoisotopic (exact) mass is 245 g/mol. The van der Waals surface area contributed by atoms with Crippen molar-refractivity contribution in [3.63, 3.8) is 0 Å². The number of nitrogens with two attached hydrogens (primary N) is 1. The average Bonchev–Trinajstić information content (AvgIpc) is 2.43. The molecule has 1 amide bonds. The zero-order valence-electron chi connectivity index (χ0n) is 10.9. The third-order valence-corrected chi connectivity index (χ3v) is 2.99. The molecular formula is C14H19N3O. The molecule has 4 nitrogen and oxygen atoms in total. The van der Waals surface area contributed by atoms with Crippen LogP contribution >= 0.6 is 0 Å². The van der Waals surface area contributed by atoms with Crippen LogP contribution in [-0.2, 0) is 4.79 Å². The van der Waals surface area contributed by atoms with Crippen molar-refractivity contribution >= 4 is 11.6 Å². The molecule has 0 saturated heterocycles. The van der Waals surface area contributed by atoms with Gasteiger partial charge in [0.05, 0.1) is 11.6 Å². The van der Waals surface area contributed by atoms with Gasteiger partial charge < -0.3 is 10.6 Å². The van der Waals surface area contributed by atoms with Gasteiger partial charge in [-0.25, -0.2) is 0 Å². The SMILES string of the molecule is CC(CN)CCC(=O)N(C)c1cccc(C#N)c1. The summed E-state index contributed by atoms with van der Waals surface area (Å²) in [4.78, 5) is 13.6. The first-order valence-electron chi connectivity index (χ1n) is 6.05. The summed E-state index contributed by atoms with van der Waals surface area (Å²) in [6.45, 7) is 2.63. The van der Waals surface area contributed by atoms with E-state index in [2.05, 4.69) is 6.07 Å². The lowest BCUT2D eigenvalue weighted by Crippen LogP contribution is -2.27. The van der Waals surface area contributed by atoms with E-state index in [-0.39, 0.29) is 5.91 Å². The summed E-state index contributed by atoms with van der Waals surface area (Å²) >= 11 is 0. The number of amides is 1. The summed E-state index contributed by atoms with van der Waals surface area (Å²) < 4.78 is 0. The van der Waals surface area contributed by atoms with E-state index >= 15 is 0 Å². The Morgan fingerprint density at radius 1 is 1.56 bits per heavy atom. The number of nitrogens with zero attached hydrogens (tertiary/aromatic N) is 2. The number of hydrogen-bond donors (Lipinski definition) is 1. The lowest BCUT2D eigenvalue weighted by Gasteiger charge is -2.18. The number of rotatable bonds is 5. The normalized spacial score (nSPS) is 11.7. The summed E-state index contributed by atoms with van der Waals surface area (Å²) in [5.41, 5.74) is 6.83. The van der Waals surface area contributed by atoms with Crippen molar-refractivity contribution in [2.45, 2.75) is 19.8 Å². The summed E-state index contributed by atoms with van der Waals surface area (Å²) in [5.74, 6) is 0.401. The van der Waals surface area contributed by atoms with E-state index in [4.69, 9.17) is 11.0 Å². The number of anilines is 1. The van der Waals surface area contributed by atoms with E-state index < -0.39 is 0 Å². The van der Waals surface area contributed by atoms with Gasteiger partial charge in [-0.2, -0.15) is 5.26 Å². The van der Waals surface area contributed by atoms with Crippen molar-refractivity contribution in [1.29, 1.82) is 5.26 Å². The highest BCUT2D eigenvalue weighted by atomic mass is 16.2. The van der Waals surface area contributed by atoms with Crippen LogP contribution in [0.4, 0.5) is 5.69 Å². The third-order valence-electron chi connectivity index (χ3n) is 2.99. The zero-order chi connectivity index (χ0) is 13.5. The molecule has 0 aliphatic rings. The second kappa shape index (κ2) is 6.77. The fraction of sp³-hybridized carbons (Fsp3) is 0.429. The van der Waals surface area contributed by atoms with Crippen molar-refractivity contribution in [3.8, 4) is 6.07 Å². The third kappa shape index (κ3) is 3.86. The van der Waals surface area contributed by atoms with Gasteiger partial charge in [-0.3, -0.25) is 4.79 Å². The van der Waals surface area contributed by atoms with Crippen LogP contribution in [0.3, 0.4) is 0 Å². The molecule has 0 fully saturated rings.